The molecule has 1 aromatic rings. The van der Waals surface area contributed by atoms with Gasteiger partial charge in [0.15, 0.2) is 6.10 Å². The first-order valence-corrected chi connectivity index (χ1v) is 6.95. The summed E-state index contributed by atoms with van der Waals surface area (Å²) in [5, 5.41) is 3.27. The molecule has 1 aromatic carbocycles. The second kappa shape index (κ2) is 4.76. The topological polar surface area (TPSA) is 41.6 Å². The van der Waals surface area contributed by atoms with Crippen molar-refractivity contribution in [3.8, 4) is 5.75 Å². The molecule has 3 atom stereocenters. The lowest BCUT2D eigenvalue weighted by molar-refractivity contribution is -0.139. The van der Waals surface area contributed by atoms with Crippen LogP contribution in [0.4, 0.5) is 5.69 Å². The highest BCUT2D eigenvalue weighted by atomic mass is 16.5. The van der Waals surface area contributed by atoms with Gasteiger partial charge >= 0.3 is 0 Å². The Morgan fingerprint density at radius 3 is 2.89 bits per heavy atom. The lowest BCUT2D eigenvalue weighted by Gasteiger charge is -2.31. The summed E-state index contributed by atoms with van der Waals surface area (Å²) in [7, 11) is 0. The summed E-state index contributed by atoms with van der Waals surface area (Å²) in [4.78, 5) is 14.5. The molecule has 2 heterocycles. The highest BCUT2D eigenvalue weighted by Gasteiger charge is 2.36. The van der Waals surface area contributed by atoms with E-state index in [1.807, 2.05) is 29.2 Å². The van der Waals surface area contributed by atoms with Crippen LogP contribution >= 0.6 is 0 Å². The molecule has 4 heteroatoms. The van der Waals surface area contributed by atoms with E-state index in [4.69, 9.17) is 4.74 Å². The molecule has 0 radical (unpaired) electrons. The second-order valence-electron chi connectivity index (χ2n) is 5.66. The molecule has 4 nitrogen and oxygen atoms in total. The van der Waals surface area contributed by atoms with Crippen LogP contribution in [0.15, 0.2) is 24.3 Å². The van der Waals surface area contributed by atoms with Crippen LogP contribution in [0.3, 0.4) is 0 Å². The molecule has 19 heavy (non-hydrogen) atoms. The van der Waals surface area contributed by atoms with Crippen molar-refractivity contribution < 1.29 is 9.53 Å². The predicted octanol–water partition coefficient (Wildman–Crippen LogP) is 2.12. The van der Waals surface area contributed by atoms with Gasteiger partial charge in [-0.1, -0.05) is 19.1 Å². The molecule has 0 aliphatic carbocycles. The van der Waals surface area contributed by atoms with Crippen molar-refractivity contribution in [2.45, 2.75) is 32.4 Å². The van der Waals surface area contributed by atoms with E-state index in [0.29, 0.717) is 18.5 Å². The van der Waals surface area contributed by atoms with E-state index in [2.05, 4.69) is 19.2 Å². The van der Waals surface area contributed by atoms with E-state index in [0.717, 1.165) is 24.4 Å². The highest BCUT2D eigenvalue weighted by molar-refractivity contribution is 5.83. The minimum absolute atomic E-state index is 0.110. The molecule has 102 valence electrons. The van der Waals surface area contributed by atoms with Gasteiger partial charge in [0.25, 0.3) is 5.91 Å². The SMILES string of the molecule is CC1CC(C)N(C(=O)C2CNc3ccccc3O2)C1. The molecule has 3 rings (SSSR count). The molecule has 2 aliphatic rings. The number of amides is 1. The summed E-state index contributed by atoms with van der Waals surface area (Å²) in [6.07, 6.45) is 0.685. The summed E-state index contributed by atoms with van der Waals surface area (Å²) in [5.41, 5.74) is 0.967. The third-order valence-electron chi connectivity index (χ3n) is 3.98. The predicted molar refractivity (Wildman–Crippen MR) is 74.3 cm³/mol. The first-order valence-electron chi connectivity index (χ1n) is 6.95. The highest BCUT2D eigenvalue weighted by Crippen LogP contribution is 2.30. The van der Waals surface area contributed by atoms with Gasteiger partial charge in [0.2, 0.25) is 0 Å². The number of anilines is 1. The molecule has 0 aromatic heterocycles. The van der Waals surface area contributed by atoms with E-state index in [1.165, 1.54) is 0 Å². The summed E-state index contributed by atoms with van der Waals surface area (Å²) in [6, 6.07) is 8.08. The molecule has 3 unspecified atom stereocenters. The summed E-state index contributed by atoms with van der Waals surface area (Å²) in [6.45, 7) is 5.71. The van der Waals surface area contributed by atoms with Crippen molar-refractivity contribution >= 4 is 11.6 Å². The van der Waals surface area contributed by atoms with E-state index in [9.17, 15) is 4.79 Å². The number of hydrogen-bond acceptors (Lipinski definition) is 3. The van der Waals surface area contributed by atoms with Gasteiger partial charge in [0.05, 0.1) is 12.2 Å². The fourth-order valence-electron chi connectivity index (χ4n) is 3.04. The van der Waals surface area contributed by atoms with Crippen LogP contribution in [0.2, 0.25) is 0 Å². The number of likely N-dealkylation sites (tertiary alicyclic amines) is 1. The lowest BCUT2D eigenvalue weighted by Crippen LogP contribution is -2.48. The Kier molecular flexibility index (Phi) is 3.09. The molecular formula is C15H20N2O2. The third-order valence-corrected chi connectivity index (χ3v) is 3.98. The fourth-order valence-corrected chi connectivity index (χ4v) is 3.04. The van der Waals surface area contributed by atoms with Crippen LogP contribution in [-0.4, -0.2) is 36.0 Å². The lowest BCUT2D eigenvalue weighted by atomic mass is 10.1. The monoisotopic (exact) mass is 260 g/mol. The van der Waals surface area contributed by atoms with Gasteiger partial charge in [-0.05, 0) is 31.4 Å². The number of rotatable bonds is 1. The number of nitrogens with one attached hydrogen (secondary N) is 1. The quantitative estimate of drug-likeness (QED) is 0.841. The smallest absolute Gasteiger partial charge is 0.265 e. The number of nitrogens with zero attached hydrogens (tertiary/aromatic N) is 1. The first kappa shape index (κ1) is 12.3. The fraction of sp³-hybridized carbons (Fsp3) is 0.533. The van der Waals surface area contributed by atoms with Gasteiger partial charge in [-0.25, -0.2) is 0 Å². The van der Waals surface area contributed by atoms with Gasteiger partial charge in [-0.3, -0.25) is 4.79 Å². The molecule has 0 saturated carbocycles. The van der Waals surface area contributed by atoms with Gasteiger partial charge in [0.1, 0.15) is 5.75 Å². The minimum Gasteiger partial charge on any atom is -0.477 e. The number of fused-ring (bicyclic) bond motifs is 1. The van der Waals surface area contributed by atoms with Crippen LogP contribution in [0.25, 0.3) is 0 Å². The van der Waals surface area contributed by atoms with Crippen molar-refractivity contribution in [3.63, 3.8) is 0 Å². The number of hydrogen-bond donors (Lipinski definition) is 1. The molecule has 1 N–H and O–H groups in total. The van der Waals surface area contributed by atoms with Crippen LogP contribution in [0, 0.1) is 5.92 Å². The van der Waals surface area contributed by atoms with Gasteiger partial charge in [0, 0.05) is 12.6 Å². The molecule has 1 amide bonds. The Bertz CT molecular complexity index is 489. The van der Waals surface area contributed by atoms with Crippen molar-refractivity contribution in [3.05, 3.63) is 24.3 Å². The number of benzene rings is 1. The second-order valence-corrected chi connectivity index (χ2v) is 5.66. The van der Waals surface area contributed by atoms with Gasteiger partial charge in [-0.15, -0.1) is 0 Å². The number of carbonyl (C=O) groups is 1. The zero-order valence-electron chi connectivity index (χ0n) is 11.4. The Morgan fingerprint density at radius 1 is 1.37 bits per heavy atom. The molecule has 1 fully saturated rings. The van der Waals surface area contributed by atoms with Gasteiger partial charge < -0.3 is 15.0 Å². The molecular weight excluding hydrogens is 240 g/mol. The summed E-state index contributed by atoms with van der Waals surface area (Å²) in [5.74, 6) is 1.47. The van der Waals surface area contributed by atoms with E-state index in [-0.39, 0.29) is 5.91 Å². The maximum absolute atomic E-state index is 12.5. The van der Waals surface area contributed by atoms with E-state index in [1.54, 1.807) is 0 Å². The van der Waals surface area contributed by atoms with Crippen molar-refractivity contribution in [1.29, 1.82) is 0 Å². The number of carbonyl (C=O) groups excluding carboxylic acids is 1. The largest absolute Gasteiger partial charge is 0.477 e. The Labute approximate surface area is 113 Å². The standard InChI is InChI=1S/C15H20N2O2/c1-10-7-11(2)17(9-10)15(18)14-8-16-12-5-3-4-6-13(12)19-14/h3-6,10-11,14,16H,7-9H2,1-2H3. The zero-order valence-corrected chi connectivity index (χ0v) is 11.4. The molecule has 2 aliphatic heterocycles. The van der Waals surface area contributed by atoms with Crippen LogP contribution in [0.1, 0.15) is 20.3 Å². The van der Waals surface area contributed by atoms with Crippen LogP contribution < -0.4 is 10.1 Å². The Hall–Kier alpha value is -1.71. The maximum atomic E-state index is 12.5. The van der Waals surface area contributed by atoms with Crippen molar-refractivity contribution in [2.75, 3.05) is 18.4 Å². The van der Waals surface area contributed by atoms with Crippen molar-refractivity contribution in [2.24, 2.45) is 5.92 Å². The van der Waals surface area contributed by atoms with Crippen molar-refractivity contribution in [1.82, 2.24) is 4.90 Å². The van der Waals surface area contributed by atoms with Gasteiger partial charge in [-0.2, -0.15) is 0 Å². The minimum atomic E-state index is -0.400. The van der Waals surface area contributed by atoms with E-state index < -0.39 is 6.10 Å². The number of para-hydroxylation sites is 2. The summed E-state index contributed by atoms with van der Waals surface area (Å²) < 4.78 is 5.84. The average molecular weight is 260 g/mol. The van der Waals surface area contributed by atoms with Crippen LogP contribution in [0.5, 0.6) is 5.75 Å². The van der Waals surface area contributed by atoms with Crippen LogP contribution in [-0.2, 0) is 4.79 Å². The Balaban J connectivity index is 1.73. The first-order chi connectivity index (χ1) is 9.15. The average Bonchev–Trinajstić information content (AvgIpc) is 2.76. The maximum Gasteiger partial charge on any atom is 0.265 e. The zero-order chi connectivity index (χ0) is 13.4. The molecule has 0 spiro atoms. The molecule has 0 bridgehead atoms. The normalized spacial score (nSPS) is 29.4. The van der Waals surface area contributed by atoms with E-state index >= 15 is 0 Å². The third kappa shape index (κ3) is 2.27. The molecule has 1 saturated heterocycles. The summed E-state index contributed by atoms with van der Waals surface area (Å²) >= 11 is 0. The number of ether oxygens (including phenoxy) is 1. The Morgan fingerprint density at radius 2 is 2.16 bits per heavy atom.